The second-order valence-electron chi connectivity index (χ2n) is 7.23. The topological polar surface area (TPSA) is 15.6 Å². The minimum Gasteiger partial charge on any atom is -0.368 e. The largest absolute Gasteiger partial charge is 0.368 e. The van der Waals surface area contributed by atoms with Gasteiger partial charge in [-0.3, -0.25) is 4.99 Å². The zero-order chi connectivity index (χ0) is 16.8. The summed E-state index contributed by atoms with van der Waals surface area (Å²) in [6.45, 7) is 17.5. The molecule has 0 amide bonds. The van der Waals surface area contributed by atoms with Crippen molar-refractivity contribution < 1.29 is 0 Å². The monoisotopic (exact) mass is 318 g/mol. The van der Waals surface area contributed by atoms with Gasteiger partial charge in [0.05, 0.1) is 6.04 Å². The van der Waals surface area contributed by atoms with E-state index in [1.54, 1.807) is 0 Å². The molecule has 124 valence electrons. The molecule has 0 aliphatic carbocycles. The molecular formula is C19H34N2Si. The first-order chi connectivity index (χ1) is 10.4. The second kappa shape index (κ2) is 8.58. The van der Waals surface area contributed by atoms with Crippen molar-refractivity contribution in [3.63, 3.8) is 0 Å². The molecule has 0 saturated carbocycles. The molecule has 1 rings (SSSR count). The first kappa shape index (κ1) is 19.0. The molecule has 0 aromatic rings. The van der Waals surface area contributed by atoms with Crippen LogP contribution in [0, 0.1) is 11.5 Å². The average molecular weight is 319 g/mol. The van der Waals surface area contributed by atoms with Gasteiger partial charge in [-0.2, -0.15) is 0 Å². The second-order valence-corrected chi connectivity index (χ2v) is 12.8. The lowest BCUT2D eigenvalue weighted by atomic mass is 10.1. The maximum atomic E-state index is 4.28. The third-order valence-corrected chi connectivity index (χ3v) is 11.5. The Hall–Kier alpha value is -1.01. The summed E-state index contributed by atoms with van der Waals surface area (Å²) in [6.07, 6.45) is 8.08. The molecule has 0 N–H and O–H groups in total. The SMILES string of the molecule is CCN1C=CN=CC1CCC#C[Si](C(C)C)(C(C)C)C(C)C. The lowest BCUT2D eigenvalue weighted by molar-refractivity contribution is 0.340. The molecule has 0 bridgehead atoms. The van der Waals surface area contributed by atoms with Gasteiger partial charge in [0.15, 0.2) is 0 Å². The lowest BCUT2D eigenvalue weighted by Crippen LogP contribution is -2.43. The Kier molecular flexibility index (Phi) is 7.42. The van der Waals surface area contributed by atoms with Gasteiger partial charge in [0.1, 0.15) is 8.07 Å². The molecule has 0 aromatic heterocycles. The van der Waals surface area contributed by atoms with Crippen LogP contribution in [0.4, 0.5) is 0 Å². The number of hydrogen-bond acceptors (Lipinski definition) is 2. The van der Waals surface area contributed by atoms with Crippen LogP contribution in [0.3, 0.4) is 0 Å². The molecular weight excluding hydrogens is 284 g/mol. The minimum atomic E-state index is -1.56. The van der Waals surface area contributed by atoms with Crippen molar-refractivity contribution >= 4 is 14.3 Å². The Bertz CT molecular complexity index is 430. The molecule has 1 unspecified atom stereocenters. The smallest absolute Gasteiger partial charge is 0.145 e. The van der Waals surface area contributed by atoms with Crippen LogP contribution in [0.25, 0.3) is 0 Å². The summed E-state index contributed by atoms with van der Waals surface area (Å²) in [5.74, 6) is 3.56. The fourth-order valence-electron chi connectivity index (χ4n) is 3.92. The van der Waals surface area contributed by atoms with Gasteiger partial charge in [-0.15, -0.1) is 11.5 Å². The van der Waals surface area contributed by atoms with E-state index in [0.29, 0.717) is 22.7 Å². The molecule has 0 spiro atoms. The predicted molar refractivity (Wildman–Crippen MR) is 102 cm³/mol. The summed E-state index contributed by atoms with van der Waals surface area (Å²) < 4.78 is 0. The van der Waals surface area contributed by atoms with Crippen LogP contribution in [0.5, 0.6) is 0 Å². The Balaban J connectivity index is 2.75. The molecule has 0 fully saturated rings. The van der Waals surface area contributed by atoms with Crippen molar-refractivity contribution in [3.05, 3.63) is 12.4 Å². The highest BCUT2D eigenvalue weighted by Gasteiger charge is 2.41. The van der Waals surface area contributed by atoms with Crippen molar-refractivity contribution in [1.29, 1.82) is 0 Å². The van der Waals surface area contributed by atoms with Crippen molar-refractivity contribution in [2.75, 3.05) is 6.54 Å². The summed E-state index contributed by atoms with van der Waals surface area (Å²) in [6, 6.07) is 0.414. The van der Waals surface area contributed by atoms with Crippen LogP contribution in [-0.2, 0) is 0 Å². The van der Waals surface area contributed by atoms with Crippen molar-refractivity contribution in [2.45, 2.75) is 84.0 Å². The maximum absolute atomic E-state index is 4.28. The van der Waals surface area contributed by atoms with Gasteiger partial charge in [-0.05, 0) is 30.0 Å². The highest BCUT2D eigenvalue weighted by Crippen LogP contribution is 2.40. The molecule has 1 aliphatic rings. The van der Waals surface area contributed by atoms with E-state index in [-0.39, 0.29) is 0 Å². The fourth-order valence-corrected chi connectivity index (χ4v) is 9.22. The van der Waals surface area contributed by atoms with Crippen LogP contribution >= 0.6 is 0 Å². The Labute approximate surface area is 139 Å². The Morgan fingerprint density at radius 2 is 1.68 bits per heavy atom. The maximum Gasteiger partial charge on any atom is 0.145 e. The molecule has 22 heavy (non-hydrogen) atoms. The zero-order valence-corrected chi connectivity index (χ0v) is 16.6. The van der Waals surface area contributed by atoms with Crippen molar-refractivity contribution in [2.24, 2.45) is 4.99 Å². The van der Waals surface area contributed by atoms with Gasteiger partial charge in [0.2, 0.25) is 0 Å². The number of rotatable bonds is 6. The molecule has 3 heteroatoms. The zero-order valence-electron chi connectivity index (χ0n) is 15.6. The van der Waals surface area contributed by atoms with Gasteiger partial charge in [-0.25, -0.2) is 0 Å². The summed E-state index contributed by atoms with van der Waals surface area (Å²) in [7, 11) is -1.56. The normalized spacial score (nSPS) is 18.3. The van der Waals surface area contributed by atoms with Crippen molar-refractivity contribution in [3.8, 4) is 11.5 Å². The van der Waals surface area contributed by atoms with Crippen LogP contribution in [0.1, 0.15) is 61.3 Å². The molecule has 2 nitrogen and oxygen atoms in total. The van der Waals surface area contributed by atoms with Crippen LogP contribution in [0.15, 0.2) is 17.4 Å². The summed E-state index contributed by atoms with van der Waals surface area (Å²) in [5, 5.41) is 0. The van der Waals surface area contributed by atoms with Gasteiger partial charge in [0.25, 0.3) is 0 Å². The van der Waals surface area contributed by atoms with Crippen molar-refractivity contribution in [1.82, 2.24) is 4.90 Å². The van der Waals surface area contributed by atoms with E-state index in [9.17, 15) is 0 Å². The molecule has 1 heterocycles. The summed E-state index contributed by atoms with van der Waals surface area (Å²) in [4.78, 5) is 6.62. The third-order valence-electron chi connectivity index (χ3n) is 5.13. The third kappa shape index (κ3) is 4.26. The summed E-state index contributed by atoms with van der Waals surface area (Å²) in [5.41, 5.74) is 5.95. The Morgan fingerprint density at radius 3 is 2.18 bits per heavy atom. The van der Waals surface area contributed by atoms with Crippen LogP contribution in [0.2, 0.25) is 16.6 Å². The van der Waals surface area contributed by atoms with Gasteiger partial charge in [-0.1, -0.05) is 41.5 Å². The lowest BCUT2D eigenvalue weighted by Gasteiger charge is -2.38. The molecule has 1 atom stereocenters. The highest BCUT2D eigenvalue weighted by molar-refractivity contribution is 6.90. The first-order valence-electron chi connectivity index (χ1n) is 8.81. The number of aliphatic imine (C=N–C) groups is 1. The van der Waals surface area contributed by atoms with Gasteiger partial charge >= 0.3 is 0 Å². The fraction of sp³-hybridized carbons (Fsp3) is 0.737. The van der Waals surface area contributed by atoms with E-state index < -0.39 is 8.07 Å². The van der Waals surface area contributed by atoms with E-state index >= 15 is 0 Å². The summed E-state index contributed by atoms with van der Waals surface area (Å²) >= 11 is 0. The van der Waals surface area contributed by atoms with Gasteiger partial charge in [0, 0.05) is 31.6 Å². The minimum absolute atomic E-state index is 0.414. The van der Waals surface area contributed by atoms with E-state index in [1.807, 2.05) is 6.20 Å². The predicted octanol–water partition coefficient (Wildman–Crippen LogP) is 5.23. The molecule has 0 radical (unpaired) electrons. The highest BCUT2D eigenvalue weighted by atomic mass is 28.3. The van der Waals surface area contributed by atoms with E-state index in [4.69, 9.17) is 0 Å². The van der Waals surface area contributed by atoms with Gasteiger partial charge < -0.3 is 4.90 Å². The molecule has 1 aliphatic heterocycles. The first-order valence-corrected chi connectivity index (χ1v) is 11.0. The van der Waals surface area contributed by atoms with E-state index in [1.165, 1.54) is 0 Å². The van der Waals surface area contributed by atoms with E-state index in [0.717, 1.165) is 19.4 Å². The van der Waals surface area contributed by atoms with Crippen LogP contribution in [-0.4, -0.2) is 31.8 Å². The standard InChI is InChI=1S/C19H34N2Si/c1-8-21-13-12-20-15-19(21)11-9-10-14-22(16(2)3,17(4)5)18(6)7/h12-13,15-19H,8-9,11H2,1-7H3. The molecule has 0 aromatic carbocycles. The number of nitrogens with zero attached hydrogens (tertiary/aromatic N) is 2. The van der Waals surface area contributed by atoms with E-state index in [2.05, 4.69) is 82.2 Å². The number of hydrogen-bond donors (Lipinski definition) is 0. The Morgan fingerprint density at radius 1 is 1.09 bits per heavy atom. The van der Waals surface area contributed by atoms with Crippen LogP contribution < -0.4 is 0 Å². The average Bonchev–Trinajstić information content (AvgIpc) is 2.46. The molecule has 0 saturated heterocycles. The quantitative estimate of drug-likeness (QED) is 0.483.